The maximum absolute atomic E-state index is 11.7. The first-order chi connectivity index (χ1) is 9.02. The van der Waals surface area contributed by atoms with E-state index in [0.717, 1.165) is 31.6 Å². The zero-order chi connectivity index (χ0) is 13.7. The summed E-state index contributed by atoms with van der Waals surface area (Å²) >= 11 is 0. The first-order valence-electron chi connectivity index (χ1n) is 7.95. The van der Waals surface area contributed by atoms with Crippen molar-refractivity contribution in [2.75, 3.05) is 0 Å². The third-order valence-corrected chi connectivity index (χ3v) is 6.10. The Labute approximate surface area is 115 Å². The highest BCUT2D eigenvalue weighted by molar-refractivity contribution is 5.83. The minimum atomic E-state index is -0.845. The Kier molecular flexibility index (Phi) is 3.16. The third-order valence-electron chi connectivity index (χ3n) is 6.10. The number of carboxylic acids is 1. The second kappa shape index (κ2) is 4.47. The Balaban J connectivity index is 1.78. The van der Waals surface area contributed by atoms with Crippen molar-refractivity contribution in [1.82, 2.24) is 0 Å². The lowest BCUT2D eigenvalue weighted by Crippen LogP contribution is -2.44. The summed E-state index contributed by atoms with van der Waals surface area (Å²) in [4.78, 5) is 11.7. The Morgan fingerprint density at radius 2 is 1.95 bits per heavy atom. The van der Waals surface area contributed by atoms with E-state index >= 15 is 0 Å². The van der Waals surface area contributed by atoms with Crippen LogP contribution in [0.1, 0.15) is 65.2 Å². The van der Waals surface area contributed by atoms with Gasteiger partial charge in [0.25, 0.3) is 0 Å². The minimum Gasteiger partial charge on any atom is -0.479 e. The van der Waals surface area contributed by atoms with Crippen LogP contribution in [0.3, 0.4) is 0 Å². The molecule has 3 fully saturated rings. The monoisotopic (exact) mass is 266 g/mol. The molecule has 0 amide bonds. The highest BCUT2D eigenvalue weighted by Crippen LogP contribution is 2.63. The zero-order valence-corrected chi connectivity index (χ0v) is 12.2. The maximum Gasteiger partial charge on any atom is 0.339 e. The zero-order valence-electron chi connectivity index (χ0n) is 12.2. The molecule has 3 nitrogen and oxygen atoms in total. The predicted molar refractivity (Wildman–Crippen MR) is 72.9 cm³/mol. The molecule has 2 aliphatic carbocycles. The second-order valence-corrected chi connectivity index (χ2v) is 7.16. The van der Waals surface area contributed by atoms with Gasteiger partial charge >= 0.3 is 5.97 Å². The van der Waals surface area contributed by atoms with Crippen molar-refractivity contribution in [3.63, 3.8) is 0 Å². The van der Waals surface area contributed by atoms with Gasteiger partial charge in [-0.2, -0.15) is 0 Å². The molecule has 3 rings (SSSR count). The fourth-order valence-corrected chi connectivity index (χ4v) is 4.83. The number of epoxide rings is 1. The lowest BCUT2D eigenvalue weighted by molar-refractivity contribution is -0.145. The van der Waals surface area contributed by atoms with Crippen LogP contribution in [-0.2, 0) is 9.53 Å². The summed E-state index contributed by atoms with van der Waals surface area (Å²) in [6.45, 7) is 4.39. The molecule has 0 radical (unpaired) electrons. The standard InChI is InChI=1S/C16H26O3/c1-11-6-3-4-8-13(11)10-15-9-5-7-12(2)16(15,19-15)14(17)18/h11-13H,3-10H2,1-2H3,(H,17,18). The van der Waals surface area contributed by atoms with Crippen molar-refractivity contribution in [1.29, 1.82) is 0 Å². The average molecular weight is 266 g/mol. The molecule has 2 saturated carbocycles. The van der Waals surface area contributed by atoms with Crippen LogP contribution in [-0.4, -0.2) is 22.3 Å². The number of hydrogen-bond acceptors (Lipinski definition) is 2. The van der Waals surface area contributed by atoms with E-state index in [1.807, 2.05) is 0 Å². The second-order valence-electron chi connectivity index (χ2n) is 7.16. The van der Waals surface area contributed by atoms with Crippen molar-refractivity contribution < 1.29 is 14.6 Å². The van der Waals surface area contributed by atoms with Crippen LogP contribution in [0.4, 0.5) is 0 Å². The van der Waals surface area contributed by atoms with Crippen molar-refractivity contribution in [2.24, 2.45) is 17.8 Å². The van der Waals surface area contributed by atoms with Gasteiger partial charge < -0.3 is 9.84 Å². The molecule has 0 spiro atoms. The van der Waals surface area contributed by atoms with E-state index in [0.29, 0.717) is 5.92 Å². The van der Waals surface area contributed by atoms with Gasteiger partial charge in [0.1, 0.15) is 5.60 Å². The third kappa shape index (κ3) is 1.84. The van der Waals surface area contributed by atoms with Crippen LogP contribution in [0.5, 0.6) is 0 Å². The molecule has 3 heteroatoms. The van der Waals surface area contributed by atoms with E-state index < -0.39 is 11.6 Å². The molecule has 1 aliphatic heterocycles. The summed E-state index contributed by atoms with van der Waals surface area (Å²) in [5.41, 5.74) is -1.17. The van der Waals surface area contributed by atoms with E-state index in [1.54, 1.807) is 0 Å². The maximum atomic E-state index is 11.7. The molecular formula is C16H26O3. The smallest absolute Gasteiger partial charge is 0.339 e. The van der Waals surface area contributed by atoms with Gasteiger partial charge in [-0.25, -0.2) is 4.79 Å². The number of fused-ring (bicyclic) bond motifs is 1. The molecule has 19 heavy (non-hydrogen) atoms. The van der Waals surface area contributed by atoms with Gasteiger partial charge in [0.15, 0.2) is 5.60 Å². The van der Waals surface area contributed by atoms with Gasteiger partial charge in [0.2, 0.25) is 0 Å². The molecule has 1 heterocycles. The van der Waals surface area contributed by atoms with E-state index in [4.69, 9.17) is 4.74 Å². The highest BCUT2D eigenvalue weighted by atomic mass is 16.7. The topological polar surface area (TPSA) is 49.8 Å². The fourth-order valence-electron chi connectivity index (χ4n) is 4.83. The largest absolute Gasteiger partial charge is 0.479 e. The Bertz CT molecular complexity index is 380. The SMILES string of the molecule is CC1CCCCC1CC12CCCC(C)C1(C(=O)O)O2. The summed E-state index contributed by atoms with van der Waals surface area (Å²) in [6.07, 6.45) is 9.25. The molecule has 0 bridgehead atoms. The number of carbonyl (C=O) groups is 1. The molecule has 108 valence electrons. The van der Waals surface area contributed by atoms with E-state index in [1.165, 1.54) is 25.7 Å². The van der Waals surface area contributed by atoms with Gasteiger partial charge in [-0.1, -0.05) is 46.0 Å². The lowest BCUT2D eigenvalue weighted by atomic mass is 9.66. The molecule has 1 N–H and O–H groups in total. The van der Waals surface area contributed by atoms with Gasteiger partial charge in [-0.15, -0.1) is 0 Å². The van der Waals surface area contributed by atoms with Crippen molar-refractivity contribution in [2.45, 2.75) is 76.4 Å². The van der Waals surface area contributed by atoms with Gasteiger partial charge in [-0.05, 0) is 37.0 Å². The quantitative estimate of drug-likeness (QED) is 0.794. The predicted octanol–water partition coefficient (Wildman–Crippen LogP) is 3.62. The van der Waals surface area contributed by atoms with Crippen molar-refractivity contribution in [3.8, 4) is 0 Å². The Morgan fingerprint density at radius 3 is 2.63 bits per heavy atom. The number of carboxylic acid groups (broad SMARTS) is 1. The van der Waals surface area contributed by atoms with E-state index in [2.05, 4.69) is 13.8 Å². The Morgan fingerprint density at radius 1 is 1.21 bits per heavy atom. The molecule has 1 saturated heterocycles. The summed E-state index contributed by atoms with van der Waals surface area (Å²) in [5, 5.41) is 9.65. The van der Waals surface area contributed by atoms with Gasteiger partial charge in [0.05, 0.1) is 0 Å². The van der Waals surface area contributed by atoms with Crippen LogP contribution in [0, 0.1) is 17.8 Å². The van der Waals surface area contributed by atoms with Gasteiger partial charge in [0, 0.05) is 0 Å². The highest BCUT2D eigenvalue weighted by Gasteiger charge is 2.78. The number of aliphatic carboxylic acids is 1. The van der Waals surface area contributed by atoms with E-state index in [-0.39, 0.29) is 11.5 Å². The van der Waals surface area contributed by atoms with Crippen molar-refractivity contribution >= 4 is 5.97 Å². The average Bonchev–Trinajstić information content (AvgIpc) is 3.04. The van der Waals surface area contributed by atoms with Crippen LogP contribution in [0.25, 0.3) is 0 Å². The Hall–Kier alpha value is -0.570. The van der Waals surface area contributed by atoms with Crippen LogP contribution < -0.4 is 0 Å². The molecule has 0 aromatic carbocycles. The molecule has 5 unspecified atom stereocenters. The van der Waals surface area contributed by atoms with Crippen LogP contribution in [0.15, 0.2) is 0 Å². The summed E-state index contributed by atoms with van der Waals surface area (Å²) in [7, 11) is 0. The summed E-state index contributed by atoms with van der Waals surface area (Å²) in [5.74, 6) is 0.845. The number of ether oxygens (including phenoxy) is 1. The fraction of sp³-hybridized carbons (Fsp3) is 0.938. The first-order valence-corrected chi connectivity index (χ1v) is 7.95. The van der Waals surface area contributed by atoms with Crippen LogP contribution in [0.2, 0.25) is 0 Å². The summed E-state index contributed by atoms with van der Waals surface area (Å²) in [6, 6.07) is 0. The molecule has 3 aliphatic rings. The van der Waals surface area contributed by atoms with Gasteiger partial charge in [-0.3, -0.25) is 0 Å². The number of hydrogen-bond donors (Lipinski definition) is 1. The van der Waals surface area contributed by atoms with Crippen LogP contribution >= 0.6 is 0 Å². The molecular weight excluding hydrogens is 240 g/mol. The summed E-state index contributed by atoms with van der Waals surface area (Å²) < 4.78 is 5.98. The van der Waals surface area contributed by atoms with Crippen molar-refractivity contribution in [3.05, 3.63) is 0 Å². The molecule has 0 aromatic heterocycles. The first kappa shape index (κ1) is 13.4. The molecule has 0 aromatic rings. The normalized spacial score (nSPS) is 49.5. The number of rotatable bonds is 3. The lowest BCUT2D eigenvalue weighted by Gasteiger charge is -2.34. The van der Waals surface area contributed by atoms with E-state index in [9.17, 15) is 9.90 Å². The molecule has 5 atom stereocenters. The minimum absolute atomic E-state index is 0.164.